The normalized spacial score (nSPS) is 15.0. The molecule has 0 spiro atoms. The van der Waals surface area contributed by atoms with Gasteiger partial charge in [-0.25, -0.2) is 0 Å². The minimum atomic E-state index is -0.437. The summed E-state index contributed by atoms with van der Waals surface area (Å²) < 4.78 is 0. The molecule has 1 aromatic heterocycles. The fourth-order valence-electron chi connectivity index (χ4n) is 2.30. The monoisotopic (exact) mass is 334 g/mol. The molecule has 3 rings (SSSR count). The molecule has 1 N–H and O–H groups in total. The molecule has 1 aliphatic heterocycles. The Morgan fingerprint density at radius 1 is 1.32 bits per heavy atom. The molecule has 0 saturated heterocycles. The van der Waals surface area contributed by atoms with Gasteiger partial charge in [-0.1, -0.05) is 17.4 Å². The Labute approximate surface area is 135 Å². The third kappa shape index (κ3) is 2.75. The highest BCUT2D eigenvalue weighted by molar-refractivity contribution is 7.16. The molecule has 0 bridgehead atoms. The summed E-state index contributed by atoms with van der Waals surface area (Å²) in [6.45, 7) is 0. The molecule has 2 aromatic rings. The van der Waals surface area contributed by atoms with Crippen LogP contribution in [0.3, 0.4) is 0 Å². The van der Waals surface area contributed by atoms with Crippen LogP contribution >= 0.6 is 22.9 Å². The highest BCUT2D eigenvalue weighted by Crippen LogP contribution is 2.35. The van der Waals surface area contributed by atoms with Crippen LogP contribution in [0.1, 0.15) is 16.0 Å². The van der Waals surface area contributed by atoms with E-state index in [1.807, 2.05) is 18.2 Å². The number of aryl methyl sites for hydroxylation is 1. The van der Waals surface area contributed by atoms with E-state index >= 15 is 0 Å². The summed E-state index contributed by atoms with van der Waals surface area (Å²) in [5.41, 5.74) is 3.13. The summed E-state index contributed by atoms with van der Waals surface area (Å²) >= 11 is 6.80. The van der Waals surface area contributed by atoms with Crippen molar-refractivity contribution in [2.24, 2.45) is 0 Å². The van der Waals surface area contributed by atoms with Crippen molar-refractivity contribution < 1.29 is 9.72 Å². The van der Waals surface area contributed by atoms with Crippen molar-refractivity contribution in [1.82, 2.24) is 0 Å². The lowest BCUT2D eigenvalue weighted by molar-refractivity contribution is -0.380. The van der Waals surface area contributed by atoms with Crippen molar-refractivity contribution in [2.75, 3.05) is 11.2 Å². The van der Waals surface area contributed by atoms with Crippen molar-refractivity contribution in [3.05, 3.63) is 56.5 Å². The second kappa shape index (κ2) is 5.90. The van der Waals surface area contributed by atoms with Crippen molar-refractivity contribution in [3.63, 3.8) is 0 Å². The van der Waals surface area contributed by atoms with Gasteiger partial charge in [0.05, 0.1) is 10.5 Å². The van der Waals surface area contributed by atoms with Crippen LogP contribution < -0.4 is 5.32 Å². The van der Waals surface area contributed by atoms with Crippen LogP contribution in [-0.2, 0) is 11.2 Å². The Balaban J connectivity index is 2.00. The molecule has 1 amide bonds. The number of halogens is 1. The van der Waals surface area contributed by atoms with Gasteiger partial charge in [0.1, 0.15) is 0 Å². The summed E-state index contributed by atoms with van der Waals surface area (Å²) in [5, 5.41) is 13.6. The Kier molecular flexibility index (Phi) is 3.96. The number of carbonyl (C=O) groups excluding carboxylic acids is 1. The number of hydrogen-bond donors (Lipinski definition) is 1. The molecule has 0 fully saturated rings. The number of anilines is 1. The van der Waals surface area contributed by atoms with Gasteiger partial charge in [-0.15, -0.1) is 11.6 Å². The molecule has 0 radical (unpaired) electrons. The van der Waals surface area contributed by atoms with E-state index in [-0.39, 0.29) is 10.9 Å². The van der Waals surface area contributed by atoms with E-state index in [9.17, 15) is 14.9 Å². The number of hydrogen-bond acceptors (Lipinski definition) is 4. The van der Waals surface area contributed by atoms with E-state index < -0.39 is 4.92 Å². The van der Waals surface area contributed by atoms with E-state index in [1.165, 1.54) is 6.07 Å². The van der Waals surface area contributed by atoms with Crippen LogP contribution in [0.25, 0.3) is 11.6 Å². The van der Waals surface area contributed by atoms with Gasteiger partial charge in [-0.3, -0.25) is 14.9 Å². The van der Waals surface area contributed by atoms with Gasteiger partial charge >= 0.3 is 5.00 Å². The van der Waals surface area contributed by atoms with Gasteiger partial charge in [0.25, 0.3) is 5.91 Å². The average molecular weight is 335 g/mol. The molecule has 1 aliphatic rings. The summed E-state index contributed by atoms with van der Waals surface area (Å²) in [7, 11) is 0. The van der Waals surface area contributed by atoms with Crippen LogP contribution in [0.15, 0.2) is 30.3 Å². The molecule has 0 unspecified atom stereocenters. The zero-order valence-corrected chi connectivity index (χ0v) is 12.9. The summed E-state index contributed by atoms with van der Waals surface area (Å²) in [6.07, 6.45) is 2.41. The van der Waals surface area contributed by atoms with E-state index in [2.05, 4.69) is 5.32 Å². The van der Waals surface area contributed by atoms with E-state index in [0.29, 0.717) is 16.3 Å². The maximum atomic E-state index is 12.1. The van der Waals surface area contributed by atoms with Crippen LogP contribution in [0, 0.1) is 10.1 Å². The molecule has 22 heavy (non-hydrogen) atoms. The third-order valence-electron chi connectivity index (χ3n) is 3.33. The minimum Gasteiger partial charge on any atom is -0.321 e. The highest BCUT2D eigenvalue weighted by atomic mass is 35.5. The molecule has 112 valence electrons. The molecular weight excluding hydrogens is 324 g/mol. The van der Waals surface area contributed by atoms with Crippen molar-refractivity contribution in [2.45, 2.75) is 6.42 Å². The zero-order chi connectivity index (χ0) is 15.7. The first-order valence-corrected chi connectivity index (χ1v) is 7.90. The van der Waals surface area contributed by atoms with E-state index in [4.69, 9.17) is 11.6 Å². The van der Waals surface area contributed by atoms with Gasteiger partial charge in [0.15, 0.2) is 0 Å². The minimum absolute atomic E-state index is 0.0568. The summed E-state index contributed by atoms with van der Waals surface area (Å²) in [6, 6.07) is 8.80. The van der Waals surface area contributed by atoms with E-state index in [0.717, 1.165) is 34.6 Å². The molecule has 0 aliphatic carbocycles. The number of fused-ring (bicyclic) bond motifs is 1. The van der Waals surface area contributed by atoms with Crippen LogP contribution in [-0.4, -0.2) is 16.7 Å². The van der Waals surface area contributed by atoms with Crippen LogP contribution in [0.4, 0.5) is 10.7 Å². The number of nitro groups is 1. The third-order valence-corrected chi connectivity index (χ3v) is 4.50. The van der Waals surface area contributed by atoms with Crippen molar-refractivity contribution in [1.29, 1.82) is 0 Å². The van der Waals surface area contributed by atoms with E-state index in [1.54, 1.807) is 12.1 Å². The van der Waals surface area contributed by atoms with Gasteiger partial charge in [-0.2, -0.15) is 0 Å². The summed E-state index contributed by atoms with van der Waals surface area (Å²) in [4.78, 5) is 23.1. The number of thiophene rings is 1. The first kappa shape index (κ1) is 14.7. The SMILES string of the molecule is O=C1Nc2ccc(CCCl)cc2C1=Cc1ccc([N+](=O)[O-])s1. The number of nitrogens with one attached hydrogen (secondary N) is 1. The molecule has 7 heteroatoms. The first-order valence-electron chi connectivity index (χ1n) is 6.55. The average Bonchev–Trinajstić information content (AvgIpc) is 3.06. The Morgan fingerprint density at radius 2 is 2.14 bits per heavy atom. The summed E-state index contributed by atoms with van der Waals surface area (Å²) in [5.74, 6) is 0.310. The van der Waals surface area contributed by atoms with Crippen molar-refractivity contribution in [3.8, 4) is 0 Å². The van der Waals surface area contributed by atoms with Gasteiger partial charge < -0.3 is 5.32 Å². The van der Waals surface area contributed by atoms with Crippen LogP contribution in [0.2, 0.25) is 0 Å². The largest absolute Gasteiger partial charge is 0.324 e. The molecule has 2 heterocycles. The smallest absolute Gasteiger partial charge is 0.321 e. The number of benzene rings is 1. The predicted molar refractivity (Wildman–Crippen MR) is 88.3 cm³/mol. The standard InChI is InChI=1S/C15H11ClN2O3S/c16-6-5-9-1-3-13-11(7-9)12(15(19)17-13)8-10-2-4-14(22-10)18(20)21/h1-4,7-8H,5-6H2,(H,17,19). The fraction of sp³-hybridized carbons (Fsp3) is 0.133. The molecular formula is C15H11ClN2O3S. The number of carbonyl (C=O) groups is 1. The second-order valence-electron chi connectivity index (χ2n) is 4.76. The van der Waals surface area contributed by atoms with Crippen LogP contribution in [0.5, 0.6) is 0 Å². The number of amides is 1. The molecule has 0 atom stereocenters. The molecule has 5 nitrogen and oxygen atoms in total. The number of rotatable bonds is 4. The zero-order valence-electron chi connectivity index (χ0n) is 11.3. The Morgan fingerprint density at radius 3 is 2.82 bits per heavy atom. The molecule has 1 aromatic carbocycles. The maximum Gasteiger partial charge on any atom is 0.324 e. The van der Waals surface area contributed by atoms with Gasteiger partial charge in [-0.05, 0) is 36.3 Å². The van der Waals surface area contributed by atoms with Crippen molar-refractivity contribution >= 4 is 51.2 Å². The number of nitrogens with zero attached hydrogens (tertiary/aromatic N) is 1. The lowest BCUT2D eigenvalue weighted by Gasteiger charge is -2.02. The van der Waals surface area contributed by atoms with Gasteiger partial charge in [0, 0.05) is 28.1 Å². The first-order chi connectivity index (χ1) is 10.6. The predicted octanol–water partition coefficient (Wildman–Crippen LogP) is 3.93. The Bertz CT molecular complexity index is 798. The lowest BCUT2D eigenvalue weighted by Crippen LogP contribution is -2.03. The highest BCUT2D eigenvalue weighted by Gasteiger charge is 2.24. The van der Waals surface area contributed by atoms with Gasteiger partial charge in [0.2, 0.25) is 0 Å². The number of alkyl halides is 1. The lowest BCUT2D eigenvalue weighted by atomic mass is 10.0. The topological polar surface area (TPSA) is 72.2 Å². The molecule has 0 saturated carbocycles. The fourth-order valence-corrected chi connectivity index (χ4v) is 3.29. The Hall–Kier alpha value is -2.18. The maximum absolute atomic E-state index is 12.1. The second-order valence-corrected chi connectivity index (χ2v) is 6.24. The quantitative estimate of drug-likeness (QED) is 0.398.